The molecule has 1 aliphatic rings. The normalized spacial score (nSPS) is 22.7. The van der Waals surface area contributed by atoms with E-state index >= 15 is 0 Å². The molecule has 1 fully saturated rings. The van der Waals surface area contributed by atoms with Gasteiger partial charge in [-0.25, -0.2) is 19.9 Å². The Morgan fingerprint density at radius 2 is 0.950 bits per heavy atom. The van der Waals surface area contributed by atoms with Crippen LogP contribution in [0.2, 0.25) is 0 Å². The number of aromatic nitrogens is 4. The predicted octanol–water partition coefficient (Wildman–Crippen LogP) is 3.32. The summed E-state index contributed by atoms with van der Waals surface area (Å²) in [6, 6.07) is 0. The number of hydrogen-bond donors (Lipinski definition) is 0. The monoisotopic (exact) mass is 268 g/mol. The largest absolute Gasteiger partial charge is 0.241 e. The van der Waals surface area contributed by atoms with E-state index in [-0.39, 0.29) is 0 Å². The molecule has 2 aromatic heterocycles. The van der Waals surface area contributed by atoms with Crippen LogP contribution < -0.4 is 0 Å². The molecular formula is C16H20N4. The highest BCUT2D eigenvalue weighted by Crippen LogP contribution is 2.38. The highest BCUT2D eigenvalue weighted by molar-refractivity contribution is 5.09. The van der Waals surface area contributed by atoms with Crippen LogP contribution in [0.4, 0.5) is 0 Å². The number of rotatable bonds is 2. The minimum atomic E-state index is 0.497. The van der Waals surface area contributed by atoms with Crippen molar-refractivity contribution in [1.29, 1.82) is 0 Å². The van der Waals surface area contributed by atoms with Gasteiger partial charge in [0.25, 0.3) is 0 Å². The first kappa shape index (κ1) is 13.2. The SMILES string of the molecule is Cc1cnc(C2CCC(c3ncc(C)cn3)CC2)nc1. The Kier molecular flexibility index (Phi) is 3.72. The molecule has 0 radical (unpaired) electrons. The van der Waals surface area contributed by atoms with Crippen LogP contribution in [0.15, 0.2) is 24.8 Å². The van der Waals surface area contributed by atoms with Crippen molar-refractivity contribution in [1.82, 2.24) is 19.9 Å². The quantitative estimate of drug-likeness (QED) is 0.838. The molecule has 4 nitrogen and oxygen atoms in total. The summed E-state index contributed by atoms with van der Waals surface area (Å²) in [5, 5.41) is 0. The Morgan fingerprint density at radius 1 is 0.650 bits per heavy atom. The van der Waals surface area contributed by atoms with Gasteiger partial charge in [-0.05, 0) is 50.7 Å². The summed E-state index contributed by atoms with van der Waals surface area (Å²) in [6.07, 6.45) is 12.2. The van der Waals surface area contributed by atoms with E-state index < -0.39 is 0 Å². The summed E-state index contributed by atoms with van der Waals surface area (Å²) in [4.78, 5) is 17.9. The molecule has 104 valence electrons. The molecule has 2 heterocycles. The summed E-state index contributed by atoms with van der Waals surface area (Å²) in [5.41, 5.74) is 2.24. The minimum Gasteiger partial charge on any atom is -0.241 e. The Balaban J connectivity index is 1.64. The van der Waals surface area contributed by atoms with Crippen molar-refractivity contribution in [2.45, 2.75) is 51.4 Å². The van der Waals surface area contributed by atoms with Gasteiger partial charge >= 0.3 is 0 Å². The van der Waals surface area contributed by atoms with Gasteiger partial charge in [-0.15, -0.1) is 0 Å². The zero-order chi connectivity index (χ0) is 13.9. The standard InChI is InChI=1S/C16H20N4/c1-11-7-17-15(18-8-11)13-3-5-14(6-4-13)16-19-9-12(2)10-20-16/h7-10,13-14H,3-6H2,1-2H3. The molecule has 20 heavy (non-hydrogen) atoms. The predicted molar refractivity (Wildman–Crippen MR) is 77.5 cm³/mol. The Hall–Kier alpha value is -1.84. The van der Waals surface area contributed by atoms with Crippen molar-refractivity contribution in [3.8, 4) is 0 Å². The van der Waals surface area contributed by atoms with E-state index in [9.17, 15) is 0 Å². The van der Waals surface area contributed by atoms with Crippen LogP contribution in [0, 0.1) is 13.8 Å². The van der Waals surface area contributed by atoms with E-state index in [1.54, 1.807) is 0 Å². The maximum absolute atomic E-state index is 4.47. The number of aryl methyl sites for hydroxylation is 2. The van der Waals surface area contributed by atoms with Crippen LogP contribution in [0.25, 0.3) is 0 Å². The molecule has 0 amide bonds. The molecule has 0 atom stereocenters. The lowest BCUT2D eigenvalue weighted by Crippen LogP contribution is -2.16. The first-order valence-corrected chi connectivity index (χ1v) is 7.29. The van der Waals surface area contributed by atoms with Crippen LogP contribution in [0.3, 0.4) is 0 Å². The average Bonchev–Trinajstić information content (AvgIpc) is 2.49. The zero-order valence-corrected chi connectivity index (χ0v) is 12.1. The van der Waals surface area contributed by atoms with Gasteiger partial charge in [-0.2, -0.15) is 0 Å². The number of nitrogens with zero attached hydrogens (tertiary/aromatic N) is 4. The van der Waals surface area contributed by atoms with E-state index in [2.05, 4.69) is 19.9 Å². The highest BCUT2D eigenvalue weighted by Gasteiger charge is 2.26. The fraction of sp³-hybridized carbons (Fsp3) is 0.500. The van der Waals surface area contributed by atoms with E-state index in [1.807, 2.05) is 38.6 Å². The van der Waals surface area contributed by atoms with Gasteiger partial charge < -0.3 is 0 Å². The van der Waals surface area contributed by atoms with Gasteiger partial charge in [0, 0.05) is 36.6 Å². The van der Waals surface area contributed by atoms with Gasteiger partial charge in [0.2, 0.25) is 0 Å². The van der Waals surface area contributed by atoms with Crippen LogP contribution in [-0.4, -0.2) is 19.9 Å². The fourth-order valence-electron chi connectivity index (χ4n) is 2.84. The molecular weight excluding hydrogens is 248 g/mol. The maximum atomic E-state index is 4.47. The second-order valence-electron chi connectivity index (χ2n) is 5.79. The lowest BCUT2D eigenvalue weighted by Gasteiger charge is -2.26. The molecule has 0 aliphatic heterocycles. The van der Waals surface area contributed by atoms with Gasteiger partial charge in [0.05, 0.1) is 0 Å². The zero-order valence-electron chi connectivity index (χ0n) is 12.1. The second kappa shape index (κ2) is 5.65. The average molecular weight is 268 g/mol. The van der Waals surface area contributed by atoms with Gasteiger partial charge in [0.1, 0.15) is 11.6 Å². The highest BCUT2D eigenvalue weighted by atomic mass is 14.9. The lowest BCUT2D eigenvalue weighted by atomic mass is 9.81. The summed E-state index contributed by atoms with van der Waals surface area (Å²) >= 11 is 0. The van der Waals surface area contributed by atoms with Crippen LogP contribution >= 0.6 is 0 Å². The van der Waals surface area contributed by atoms with E-state index in [0.717, 1.165) is 48.5 Å². The molecule has 3 rings (SSSR count). The van der Waals surface area contributed by atoms with Crippen LogP contribution in [-0.2, 0) is 0 Å². The molecule has 0 N–H and O–H groups in total. The lowest BCUT2D eigenvalue weighted by molar-refractivity contribution is 0.374. The topological polar surface area (TPSA) is 51.6 Å². The summed E-state index contributed by atoms with van der Waals surface area (Å²) < 4.78 is 0. The summed E-state index contributed by atoms with van der Waals surface area (Å²) in [6.45, 7) is 4.05. The smallest absolute Gasteiger partial charge is 0.131 e. The molecule has 0 bridgehead atoms. The molecule has 0 aromatic carbocycles. The first-order chi connectivity index (χ1) is 9.72. The molecule has 2 aromatic rings. The fourth-order valence-corrected chi connectivity index (χ4v) is 2.84. The van der Waals surface area contributed by atoms with Crippen molar-refractivity contribution in [2.75, 3.05) is 0 Å². The van der Waals surface area contributed by atoms with Crippen molar-refractivity contribution >= 4 is 0 Å². The Labute approximate surface area is 119 Å². The third kappa shape index (κ3) is 2.84. The molecule has 4 heteroatoms. The van der Waals surface area contributed by atoms with Crippen LogP contribution in [0.5, 0.6) is 0 Å². The maximum Gasteiger partial charge on any atom is 0.131 e. The first-order valence-electron chi connectivity index (χ1n) is 7.29. The third-order valence-corrected chi connectivity index (χ3v) is 4.06. The van der Waals surface area contributed by atoms with Crippen molar-refractivity contribution < 1.29 is 0 Å². The Bertz CT molecular complexity index is 501. The second-order valence-corrected chi connectivity index (χ2v) is 5.79. The molecule has 0 saturated heterocycles. The van der Waals surface area contributed by atoms with E-state index in [0.29, 0.717) is 11.8 Å². The number of hydrogen-bond acceptors (Lipinski definition) is 4. The van der Waals surface area contributed by atoms with Gasteiger partial charge in [-0.3, -0.25) is 0 Å². The van der Waals surface area contributed by atoms with Crippen molar-refractivity contribution in [2.24, 2.45) is 0 Å². The van der Waals surface area contributed by atoms with E-state index in [4.69, 9.17) is 0 Å². The molecule has 0 spiro atoms. The van der Waals surface area contributed by atoms with Crippen molar-refractivity contribution in [3.63, 3.8) is 0 Å². The third-order valence-electron chi connectivity index (χ3n) is 4.06. The Morgan fingerprint density at radius 3 is 1.25 bits per heavy atom. The molecule has 0 unspecified atom stereocenters. The van der Waals surface area contributed by atoms with Crippen LogP contribution in [0.1, 0.15) is 60.3 Å². The van der Waals surface area contributed by atoms with Gasteiger partial charge in [-0.1, -0.05) is 0 Å². The minimum absolute atomic E-state index is 0.497. The molecule has 1 aliphatic carbocycles. The molecule has 1 saturated carbocycles. The van der Waals surface area contributed by atoms with Gasteiger partial charge in [0.15, 0.2) is 0 Å². The van der Waals surface area contributed by atoms with E-state index in [1.165, 1.54) is 0 Å². The summed E-state index contributed by atoms with van der Waals surface area (Å²) in [5.74, 6) is 2.99. The van der Waals surface area contributed by atoms with Crippen molar-refractivity contribution in [3.05, 3.63) is 47.6 Å². The summed E-state index contributed by atoms with van der Waals surface area (Å²) in [7, 11) is 0.